The Bertz CT molecular complexity index is 472. The molecule has 3 nitrogen and oxygen atoms in total. The van der Waals surface area contributed by atoms with Crippen molar-refractivity contribution in [2.45, 2.75) is 0 Å². The van der Waals surface area contributed by atoms with E-state index in [0.717, 1.165) is 9.86 Å². The number of halogens is 2. The molecule has 5 heteroatoms. The Balaban J connectivity index is 2.94. The van der Waals surface area contributed by atoms with Crippen LogP contribution in [0.25, 0.3) is 10.9 Å². The molecule has 0 atom stereocenters. The molecule has 1 aromatic heterocycles. The SMILES string of the molecule is Nc1ncnc2c(Cl)cc(Br)cc12. The van der Waals surface area contributed by atoms with Gasteiger partial charge in [-0.15, -0.1) is 0 Å². The van der Waals surface area contributed by atoms with Crippen molar-refractivity contribution in [1.82, 2.24) is 9.97 Å². The number of hydrogen-bond donors (Lipinski definition) is 1. The van der Waals surface area contributed by atoms with Gasteiger partial charge in [-0.25, -0.2) is 9.97 Å². The molecule has 0 aliphatic heterocycles. The van der Waals surface area contributed by atoms with Crippen molar-refractivity contribution in [1.29, 1.82) is 0 Å². The molecule has 2 aromatic rings. The zero-order valence-corrected chi connectivity index (χ0v) is 8.80. The zero-order valence-electron chi connectivity index (χ0n) is 6.46. The van der Waals surface area contributed by atoms with Crippen LogP contribution < -0.4 is 5.73 Å². The number of nitrogen functional groups attached to an aromatic ring is 1. The van der Waals surface area contributed by atoms with Crippen LogP contribution in [-0.4, -0.2) is 9.97 Å². The first-order valence-electron chi connectivity index (χ1n) is 3.53. The highest BCUT2D eigenvalue weighted by atomic mass is 79.9. The van der Waals surface area contributed by atoms with E-state index in [9.17, 15) is 0 Å². The van der Waals surface area contributed by atoms with Crippen LogP contribution in [0.5, 0.6) is 0 Å². The number of hydrogen-bond acceptors (Lipinski definition) is 3. The molecular weight excluding hydrogens is 253 g/mol. The van der Waals surface area contributed by atoms with Crippen molar-refractivity contribution in [3.05, 3.63) is 28.0 Å². The highest BCUT2D eigenvalue weighted by Crippen LogP contribution is 2.28. The van der Waals surface area contributed by atoms with Crippen LogP contribution in [0.15, 0.2) is 22.9 Å². The first-order chi connectivity index (χ1) is 6.18. The van der Waals surface area contributed by atoms with E-state index in [4.69, 9.17) is 17.3 Å². The summed E-state index contributed by atoms with van der Waals surface area (Å²) in [7, 11) is 0. The van der Waals surface area contributed by atoms with E-state index in [-0.39, 0.29) is 0 Å². The van der Waals surface area contributed by atoms with Gasteiger partial charge in [-0.05, 0) is 12.1 Å². The van der Waals surface area contributed by atoms with Gasteiger partial charge < -0.3 is 5.73 Å². The lowest BCUT2D eigenvalue weighted by molar-refractivity contribution is 1.23. The Morgan fingerprint density at radius 1 is 1.31 bits per heavy atom. The van der Waals surface area contributed by atoms with E-state index in [2.05, 4.69) is 25.9 Å². The Morgan fingerprint density at radius 2 is 2.08 bits per heavy atom. The van der Waals surface area contributed by atoms with E-state index in [1.165, 1.54) is 6.33 Å². The van der Waals surface area contributed by atoms with Gasteiger partial charge in [-0.1, -0.05) is 27.5 Å². The monoisotopic (exact) mass is 257 g/mol. The summed E-state index contributed by atoms with van der Waals surface area (Å²) < 4.78 is 0.867. The van der Waals surface area contributed by atoms with E-state index >= 15 is 0 Å². The molecule has 0 unspecified atom stereocenters. The van der Waals surface area contributed by atoms with Crippen LogP contribution in [-0.2, 0) is 0 Å². The highest BCUT2D eigenvalue weighted by molar-refractivity contribution is 9.10. The molecule has 0 saturated heterocycles. The molecule has 0 amide bonds. The first-order valence-corrected chi connectivity index (χ1v) is 4.71. The normalized spacial score (nSPS) is 10.6. The fraction of sp³-hybridized carbons (Fsp3) is 0. The van der Waals surface area contributed by atoms with Gasteiger partial charge >= 0.3 is 0 Å². The average Bonchev–Trinajstić information content (AvgIpc) is 2.07. The van der Waals surface area contributed by atoms with Gasteiger partial charge in [0.15, 0.2) is 0 Å². The summed E-state index contributed by atoms with van der Waals surface area (Å²) in [5, 5.41) is 1.33. The van der Waals surface area contributed by atoms with Gasteiger partial charge in [-0.2, -0.15) is 0 Å². The molecule has 1 heterocycles. The first kappa shape index (κ1) is 8.72. The van der Waals surface area contributed by atoms with Crippen LogP contribution in [0.1, 0.15) is 0 Å². The second kappa shape index (κ2) is 3.12. The Morgan fingerprint density at radius 3 is 2.85 bits per heavy atom. The molecular formula is C8H5BrClN3. The van der Waals surface area contributed by atoms with E-state index in [0.29, 0.717) is 16.4 Å². The minimum Gasteiger partial charge on any atom is -0.383 e. The van der Waals surface area contributed by atoms with Crippen LogP contribution in [0.2, 0.25) is 5.02 Å². The standard InChI is InChI=1S/C8H5BrClN3/c9-4-1-5-7(6(10)2-4)12-3-13-8(5)11/h1-3H,(H2,11,12,13). The topological polar surface area (TPSA) is 51.8 Å². The second-order valence-corrected chi connectivity index (χ2v) is 3.87. The van der Waals surface area contributed by atoms with Gasteiger partial charge in [-0.3, -0.25) is 0 Å². The third-order valence-electron chi connectivity index (χ3n) is 1.69. The largest absolute Gasteiger partial charge is 0.383 e. The summed E-state index contributed by atoms with van der Waals surface area (Å²) in [6.07, 6.45) is 1.40. The van der Waals surface area contributed by atoms with Crippen LogP contribution in [0, 0.1) is 0 Å². The number of nitrogens with zero attached hydrogens (tertiary/aromatic N) is 2. The maximum Gasteiger partial charge on any atom is 0.134 e. The third kappa shape index (κ3) is 1.47. The van der Waals surface area contributed by atoms with Gasteiger partial charge in [0.25, 0.3) is 0 Å². The smallest absolute Gasteiger partial charge is 0.134 e. The van der Waals surface area contributed by atoms with E-state index in [1.54, 1.807) is 6.07 Å². The molecule has 1 aromatic carbocycles. The van der Waals surface area contributed by atoms with Crippen molar-refractivity contribution >= 4 is 44.3 Å². The molecule has 13 heavy (non-hydrogen) atoms. The summed E-state index contributed by atoms with van der Waals surface area (Å²) in [4.78, 5) is 7.92. The number of anilines is 1. The minimum absolute atomic E-state index is 0.438. The minimum atomic E-state index is 0.438. The Hall–Kier alpha value is -0.870. The predicted molar refractivity (Wildman–Crippen MR) is 56.7 cm³/mol. The van der Waals surface area contributed by atoms with E-state index in [1.807, 2.05) is 6.07 Å². The fourth-order valence-electron chi connectivity index (χ4n) is 1.11. The van der Waals surface area contributed by atoms with Gasteiger partial charge in [0.2, 0.25) is 0 Å². The molecule has 2 N–H and O–H groups in total. The molecule has 0 saturated carbocycles. The zero-order chi connectivity index (χ0) is 9.42. The lowest BCUT2D eigenvalue weighted by Crippen LogP contribution is -1.93. The Labute approximate surface area is 88.1 Å². The van der Waals surface area contributed by atoms with Gasteiger partial charge in [0, 0.05) is 9.86 Å². The maximum absolute atomic E-state index is 5.96. The van der Waals surface area contributed by atoms with Gasteiger partial charge in [0.1, 0.15) is 12.1 Å². The molecule has 0 fully saturated rings. The van der Waals surface area contributed by atoms with Crippen molar-refractivity contribution in [3.63, 3.8) is 0 Å². The summed E-state index contributed by atoms with van der Waals surface area (Å²) in [5.41, 5.74) is 6.34. The van der Waals surface area contributed by atoms with Crippen LogP contribution in [0.3, 0.4) is 0 Å². The average molecular weight is 259 g/mol. The highest BCUT2D eigenvalue weighted by Gasteiger charge is 2.05. The molecule has 0 radical (unpaired) electrons. The lowest BCUT2D eigenvalue weighted by atomic mass is 10.2. The van der Waals surface area contributed by atoms with E-state index < -0.39 is 0 Å². The summed E-state index contributed by atoms with van der Waals surface area (Å²) in [6, 6.07) is 3.62. The fourth-order valence-corrected chi connectivity index (χ4v) is 1.97. The second-order valence-electron chi connectivity index (χ2n) is 2.54. The quantitative estimate of drug-likeness (QED) is 0.790. The molecule has 0 aliphatic carbocycles. The number of aromatic nitrogens is 2. The van der Waals surface area contributed by atoms with Crippen LogP contribution in [0.4, 0.5) is 5.82 Å². The number of nitrogens with two attached hydrogens (primary N) is 1. The van der Waals surface area contributed by atoms with Crippen molar-refractivity contribution in [3.8, 4) is 0 Å². The number of fused-ring (bicyclic) bond motifs is 1. The molecule has 66 valence electrons. The number of benzene rings is 1. The summed E-state index contributed by atoms with van der Waals surface area (Å²) >= 11 is 9.28. The molecule has 0 aliphatic rings. The maximum atomic E-state index is 5.96. The molecule has 2 rings (SSSR count). The van der Waals surface area contributed by atoms with Gasteiger partial charge in [0.05, 0.1) is 10.5 Å². The van der Waals surface area contributed by atoms with Crippen molar-refractivity contribution in [2.24, 2.45) is 0 Å². The lowest BCUT2D eigenvalue weighted by Gasteiger charge is -2.02. The molecule has 0 spiro atoms. The molecule has 0 bridgehead atoms. The number of rotatable bonds is 0. The third-order valence-corrected chi connectivity index (χ3v) is 2.43. The van der Waals surface area contributed by atoms with Crippen LogP contribution >= 0.6 is 27.5 Å². The summed E-state index contributed by atoms with van der Waals surface area (Å²) in [5.74, 6) is 0.438. The summed E-state index contributed by atoms with van der Waals surface area (Å²) in [6.45, 7) is 0. The predicted octanol–water partition coefficient (Wildman–Crippen LogP) is 2.63. The van der Waals surface area contributed by atoms with Crippen molar-refractivity contribution in [2.75, 3.05) is 5.73 Å². The Kier molecular flexibility index (Phi) is 2.09. The van der Waals surface area contributed by atoms with Crippen molar-refractivity contribution < 1.29 is 0 Å².